The highest BCUT2D eigenvalue weighted by atomic mass is 19.2. The van der Waals surface area contributed by atoms with Crippen molar-refractivity contribution < 1.29 is 13.2 Å². The van der Waals surface area contributed by atoms with Gasteiger partial charge in [0.1, 0.15) is 0 Å². The number of halogens is 3. The van der Waals surface area contributed by atoms with Crippen molar-refractivity contribution in [1.82, 2.24) is 0 Å². The highest BCUT2D eigenvalue weighted by molar-refractivity contribution is 5.88. The van der Waals surface area contributed by atoms with Gasteiger partial charge in [0, 0.05) is 0 Å². The summed E-state index contributed by atoms with van der Waals surface area (Å²) >= 11 is 0. The number of rotatable bonds is 6. The number of hydrogen-bond acceptors (Lipinski definition) is 0. The van der Waals surface area contributed by atoms with Gasteiger partial charge in [-0.2, -0.15) is 0 Å². The van der Waals surface area contributed by atoms with Gasteiger partial charge in [-0.25, -0.2) is 13.2 Å². The van der Waals surface area contributed by atoms with Crippen LogP contribution in [0.4, 0.5) is 13.2 Å². The van der Waals surface area contributed by atoms with Crippen LogP contribution < -0.4 is 0 Å². The lowest BCUT2D eigenvalue weighted by Crippen LogP contribution is -2.13. The Hall–Kier alpha value is -2.29. The maximum atomic E-state index is 13.6. The highest BCUT2D eigenvalue weighted by Gasteiger charge is 2.22. The molecule has 0 aliphatic heterocycles. The lowest BCUT2D eigenvalue weighted by Gasteiger charge is -2.29. The van der Waals surface area contributed by atoms with E-state index >= 15 is 0 Å². The second-order valence-corrected chi connectivity index (χ2v) is 8.79. The first-order valence-electron chi connectivity index (χ1n) is 11.2. The van der Waals surface area contributed by atoms with Crippen molar-refractivity contribution in [3.05, 3.63) is 71.5 Å². The predicted molar refractivity (Wildman–Crippen MR) is 118 cm³/mol. The highest BCUT2D eigenvalue weighted by Crippen LogP contribution is 2.39. The summed E-state index contributed by atoms with van der Waals surface area (Å²) in [5.41, 5.74) is 2.42. The van der Waals surface area contributed by atoms with Gasteiger partial charge in [0.15, 0.2) is 17.5 Å². The normalized spacial score (nSPS) is 19.3. The van der Waals surface area contributed by atoms with Crippen LogP contribution in [0.15, 0.2) is 48.5 Å². The molecule has 0 heterocycles. The van der Waals surface area contributed by atoms with Crippen LogP contribution in [0.3, 0.4) is 0 Å². The molecule has 0 unspecified atom stereocenters. The minimum atomic E-state index is -1.43. The molecule has 3 heteroatoms. The lowest BCUT2D eigenvalue weighted by atomic mass is 9.77. The molecular formula is C27H29F3. The van der Waals surface area contributed by atoms with Gasteiger partial charge < -0.3 is 0 Å². The molecule has 3 aromatic rings. The van der Waals surface area contributed by atoms with Crippen LogP contribution in [0.1, 0.15) is 69.8 Å². The molecule has 1 saturated carbocycles. The van der Waals surface area contributed by atoms with Crippen molar-refractivity contribution in [2.24, 2.45) is 5.92 Å². The summed E-state index contributed by atoms with van der Waals surface area (Å²) < 4.78 is 40.4. The molecule has 4 rings (SSSR count). The van der Waals surface area contributed by atoms with Crippen molar-refractivity contribution in [3.8, 4) is 11.1 Å². The quantitative estimate of drug-likeness (QED) is 0.281. The van der Waals surface area contributed by atoms with Gasteiger partial charge in [0.05, 0.1) is 0 Å². The van der Waals surface area contributed by atoms with Crippen LogP contribution in [-0.2, 0) is 0 Å². The zero-order valence-corrected chi connectivity index (χ0v) is 17.6. The third-order valence-corrected chi connectivity index (χ3v) is 6.72. The fourth-order valence-corrected chi connectivity index (χ4v) is 4.89. The number of unbranched alkanes of at least 4 members (excludes halogenated alkanes) is 2. The van der Waals surface area contributed by atoms with Gasteiger partial charge in [0.25, 0.3) is 0 Å². The first kappa shape index (κ1) is 21.0. The molecule has 0 spiro atoms. The predicted octanol–water partition coefficient (Wildman–Crippen LogP) is 8.78. The van der Waals surface area contributed by atoms with Crippen LogP contribution >= 0.6 is 0 Å². The van der Waals surface area contributed by atoms with E-state index in [1.54, 1.807) is 0 Å². The van der Waals surface area contributed by atoms with Crippen molar-refractivity contribution in [1.29, 1.82) is 0 Å². The van der Waals surface area contributed by atoms with Crippen LogP contribution in [0.5, 0.6) is 0 Å². The average molecular weight is 411 g/mol. The number of hydrogen-bond donors (Lipinski definition) is 0. The standard InChI is InChI=1S/C27H29F3/c1-2-3-4-5-18-6-8-19(9-7-18)20-10-11-22-15-23(13-12-21(22)14-20)24-16-25(28)27(30)26(29)17-24/h10-19H,2-9H2,1H3/t18-,19-. The lowest BCUT2D eigenvalue weighted by molar-refractivity contribution is 0.303. The van der Waals surface area contributed by atoms with E-state index in [-0.39, 0.29) is 0 Å². The molecule has 0 radical (unpaired) electrons. The Kier molecular flexibility index (Phi) is 6.46. The van der Waals surface area contributed by atoms with Crippen molar-refractivity contribution in [2.75, 3.05) is 0 Å². The Morgan fingerprint density at radius 3 is 2.10 bits per heavy atom. The van der Waals surface area contributed by atoms with E-state index in [1.807, 2.05) is 18.2 Å². The van der Waals surface area contributed by atoms with Crippen LogP contribution in [-0.4, -0.2) is 0 Å². The first-order chi connectivity index (χ1) is 14.5. The number of benzene rings is 3. The van der Waals surface area contributed by atoms with Crippen molar-refractivity contribution in [3.63, 3.8) is 0 Å². The molecule has 1 fully saturated rings. The van der Waals surface area contributed by atoms with Crippen LogP contribution in [0, 0.1) is 23.4 Å². The molecule has 0 amide bonds. The SMILES string of the molecule is CCCCC[C@H]1CC[C@H](c2ccc3cc(-c4cc(F)c(F)c(F)c4)ccc3c2)CC1. The molecule has 30 heavy (non-hydrogen) atoms. The average Bonchev–Trinajstić information content (AvgIpc) is 2.77. The van der Waals surface area contributed by atoms with Gasteiger partial charge in [0.2, 0.25) is 0 Å². The summed E-state index contributed by atoms with van der Waals surface area (Å²) in [5.74, 6) is -2.23. The van der Waals surface area contributed by atoms with Crippen molar-refractivity contribution >= 4 is 10.8 Å². The van der Waals surface area contributed by atoms with E-state index in [0.29, 0.717) is 17.0 Å². The second kappa shape index (κ2) is 9.24. The van der Waals surface area contributed by atoms with Gasteiger partial charge in [-0.05, 0) is 83.2 Å². The van der Waals surface area contributed by atoms with E-state index in [0.717, 1.165) is 28.8 Å². The topological polar surface area (TPSA) is 0 Å². The molecule has 0 saturated heterocycles. The Bertz CT molecular complexity index is 993. The van der Waals surface area contributed by atoms with Gasteiger partial charge in [-0.15, -0.1) is 0 Å². The van der Waals surface area contributed by atoms with E-state index in [2.05, 4.69) is 25.1 Å². The maximum Gasteiger partial charge on any atom is 0.194 e. The Balaban J connectivity index is 1.49. The molecule has 1 aliphatic rings. The molecule has 158 valence electrons. The van der Waals surface area contributed by atoms with Crippen LogP contribution in [0.25, 0.3) is 21.9 Å². The third kappa shape index (κ3) is 4.55. The van der Waals surface area contributed by atoms with E-state index in [1.165, 1.54) is 56.9 Å². The third-order valence-electron chi connectivity index (χ3n) is 6.72. The minimum absolute atomic E-state index is 0.346. The largest absolute Gasteiger partial charge is 0.204 e. The summed E-state index contributed by atoms with van der Waals surface area (Å²) in [6.45, 7) is 2.26. The monoisotopic (exact) mass is 410 g/mol. The van der Waals surface area contributed by atoms with Gasteiger partial charge in [-0.3, -0.25) is 0 Å². The number of fused-ring (bicyclic) bond motifs is 1. The maximum absolute atomic E-state index is 13.6. The fraction of sp³-hybridized carbons (Fsp3) is 0.407. The summed E-state index contributed by atoms with van der Waals surface area (Å²) in [6.07, 6.45) is 10.6. The Morgan fingerprint density at radius 2 is 1.40 bits per heavy atom. The molecule has 0 aromatic heterocycles. The Morgan fingerprint density at radius 1 is 0.733 bits per heavy atom. The molecule has 1 aliphatic carbocycles. The van der Waals surface area contributed by atoms with Crippen molar-refractivity contribution in [2.45, 2.75) is 64.2 Å². The summed E-state index contributed by atoms with van der Waals surface area (Å²) in [6, 6.07) is 14.4. The smallest absolute Gasteiger partial charge is 0.194 e. The van der Waals surface area contributed by atoms with E-state index < -0.39 is 17.5 Å². The summed E-state index contributed by atoms with van der Waals surface area (Å²) in [4.78, 5) is 0. The summed E-state index contributed by atoms with van der Waals surface area (Å²) in [7, 11) is 0. The molecule has 3 aromatic carbocycles. The first-order valence-corrected chi connectivity index (χ1v) is 11.2. The second-order valence-electron chi connectivity index (χ2n) is 8.79. The summed E-state index contributed by atoms with van der Waals surface area (Å²) in [5, 5.41) is 2.15. The zero-order valence-electron chi connectivity index (χ0n) is 17.6. The van der Waals surface area contributed by atoms with Gasteiger partial charge >= 0.3 is 0 Å². The molecule has 0 atom stereocenters. The zero-order chi connectivity index (χ0) is 21.1. The molecular weight excluding hydrogens is 381 g/mol. The van der Waals surface area contributed by atoms with Gasteiger partial charge in [-0.1, -0.05) is 62.9 Å². The van der Waals surface area contributed by atoms with E-state index in [9.17, 15) is 13.2 Å². The van der Waals surface area contributed by atoms with Crippen LogP contribution in [0.2, 0.25) is 0 Å². The molecule has 0 nitrogen and oxygen atoms in total. The fourth-order valence-electron chi connectivity index (χ4n) is 4.89. The van der Waals surface area contributed by atoms with E-state index in [4.69, 9.17) is 0 Å². The Labute approximate surface area is 177 Å². The minimum Gasteiger partial charge on any atom is -0.204 e. The molecule has 0 N–H and O–H groups in total. The molecule has 0 bridgehead atoms.